The molecule has 0 amide bonds. The summed E-state index contributed by atoms with van der Waals surface area (Å²) < 4.78 is 9.96. The molecule has 0 saturated carbocycles. The predicted octanol–water partition coefficient (Wildman–Crippen LogP) is 2.23. The van der Waals surface area contributed by atoms with Crippen molar-refractivity contribution in [1.29, 1.82) is 0 Å². The van der Waals surface area contributed by atoms with Crippen LogP contribution in [-0.2, 0) is 19.1 Å². The Balaban J connectivity index is 4.84. The van der Waals surface area contributed by atoms with Crippen molar-refractivity contribution in [1.82, 2.24) is 0 Å². The molecule has 0 rings (SSSR count). The highest BCUT2D eigenvalue weighted by Crippen LogP contribution is 2.11. The molecule has 0 spiro atoms. The van der Waals surface area contributed by atoms with Crippen molar-refractivity contribution in [3.63, 3.8) is 0 Å². The van der Waals surface area contributed by atoms with Gasteiger partial charge in [0.2, 0.25) is 0 Å². The number of carbonyl (C=O) groups excluding carboxylic acids is 2. The number of hydrogen-bond acceptors (Lipinski definition) is 4. The highest BCUT2D eigenvalue weighted by molar-refractivity contribution is 6.14. The van der Waals surface area contributed by atoms with Gasteiger partial charge in [-0.1, -0.05) is 5.57 Å². The van der Waals surface area contributed by atoms with Crippen molar-refractivity contribution in [2.75, 3.05) is 0 Å². The quantitative estimate of drug-likeness (QED) is 0.320. The molecule has 0 aromatic rings. The van der Waals surface area contributed by atoms with Crippen LogP contribution in [0.3, 0.4) is 0 Å². The fourth-order valence-corrected chi connectivity index (χ4v) is 1.04. The molecule has 0 saturated heterocycles. The van der Waals surface area contributed by atoms with E-state index in [0.717, 1.165) is 0 Å². The van der Waals surface area contributed by atoms with Crippen molar-refractivity contribution in [3.05, 3.63) is 11.1 Å². The number of rotatable bonds is 4. The molecule has 0 heterocycles. The topological polar surface area (TPSA) is 52.6 Å². The van der Waals surface area contributed by atoms with Crippen LogP contribution in [0.15, 0.2) is 11.1 Å². The average Bonchev–Trinajstić information content (AvgIpc) is 1.98. The Kier molecular flexibility index (Phi) is 5.78. The fourth-order valence-electron chi connectivity index (χ4n) is 1.04. The number of ether oxygens (including phenoxy) is 2. The van der Waals surface area contributed by atoms with E-state index in [1.165, 1.54) is 0 Å². The maximum Gasteiger partial charge on any atom is 0.345 e. The highest BCUT2D eigenvalue weighted by Gasteiger charge is 2.24. The van der Waals surface area contributed by atoms with E-state index < -0.39 is 11.9 Å². The van der Waals surface area contributed by atoms with Crippen LogP contribution >= 0.6 is 0 Å². The molecule has 0 atom stereocenters. The number of carbonyl (C=O) groups is 2. The maximum atomic E-state index is 11.6. The first-order valence-electron chi connectivity index (χ1n) is 5.35. The fraction of sp³-hybridized carbons (Fsp3) is 0.667. The van der Waals surface area contributed by atoms with Crippen LogP contribution < -0.4 is 0 Å². The minimum atomic E-state index is -0.624. The van der Waals surface area contributed by atoms with E-state index in [4.69, 9.17) is 9.47 Å². The Labute approximate surface area is 96.6 Å². The average molecular weight is 228 g/mol. The van der Waals surface area contributed by atoms with E-state index >= 15 is 0 Å². The minimum Gasteiger partial charge on any atom is -0.459 e. The summed E-state index contributed by atoms with van der Waals surface area (Å²) in [7, 11) is 0. The van der Waals surface area contributed by atoms with E-state index in [1.807, 2.05) is 0 Å². The van der Waals surface area contributed by atoms with Gasteiger partial charge in [0.1, 0.15) is 5.57 Å². The van der Waals surface area contributed by atoms with Gasteiger partial charge in [-0.05, 0) is 41.5 Å². The van der Waals surface area contributed by atoms with Crippen LogP contribution in [0, 0.1) is 0 Å². The lowest BCUT2D eigenvalue weighted by Crippen LogP contribution is -2.24. The largest absolute Gasteiger partial charge is 0.459 e. The van der Waals surface area contributed by atoms with Crippen molar-refractivity contribution >= 4 is 11.9 Å². The van der Waals surface area contributed by atoms with Gasteiger partial charge in [-0.15, -0.1) is 0 Å². The van der Waals surface area contributed by atoms with E-state index in [1.54, 1.807) is 41.5 Å². The zero-order valence-corrected chi connectivity index (χ0v) is 10.8. The van der Waals surface area contributed by atoms with Gasteiger partial charge in [0.05, 0.1) is 12.2 Å². The molecule has 16 heavy (non-hydrogen) atoms. The van der Waals surface area contributed by atoms with Gasteiger partial charge in [-0.3, -0.25) is 0 Å². The molecule has 92 valence electrons. The molecular formula is C12H20O4. The summed E-state index contributed by atoms with van der Waals surface area (Å²) in [4.78, 5) is 23.3. The first-order chi connectivity index (χ1) is 7.25. The summed E-state index contributed by atoms with van der Waals surface area (Å²) in [5, 5.41) is 0. The SMILES string of the molecule is CC(C)=C(C(=O)OC(C)C)C(=O)OC(C)C. The lowest BCUT2D eigenvalue weighted by Gasteiger charge is -2.13. The molecule has 4 nitrogen and oxygen atoms in total. The summed E-state index contributed by atoms with van der Waals surface area (Å²) in [6.07, 6.45) is -0.512. The zero-order valence-electron chi connectivity index (χ0n) is 10.8. The minimum absolute atomic E-state index is 0.0117. The van der Waals surface area contributed by atoms with Crippen molar-refractivity contribution in [2.24, 2.45) is 0 Å². The molecule has 0 aliphatic rings. The molecule has 0 unspecified atom stereocenters. The first kappa shape index (κ1) is 14.7. The predicted molar refractivity (Wildman–Crippen MR) is 60.8 cm³/mol. The molecule has 0 aliphatic carbocycles. The van der Waals surface area contributed by atoms with Gasteiger partial charge in [0, 0.05) is 0 Å². The smallest absolute Gasteiger partial charge is 0.345 e. The van der Waals surface area contributed by atoms with Gasteiger partial charge in [-0.25, -0.2) is 9.59 Å². The molecule has 0 aliphatic heterocycles. The molecule has 4 heteroatoms. The van der Waals surface area contributed by atoms with Crippen LogP contribution in [-0.4, -0.2) is 24.1 Å². The highest BCUT2D eigenvalue weighted by atomic mass is 16.6. The second kappa shape index (κ2) is 6.30. The molecule has 0 bridgehead atoms. The number of allylic oxidation sites excluding steroid dienone is 1. The molecule has 0 fully saturated rings. The zero-order chi connectivity index (χ0) is 12.9. The number of hydrogen-bond donors (Lipinski definition) is 0. The van der Waals surface area contributed by atoms with E-state index in [-0.39, 0.29) is 17.8 Å². The Hall–Kier alpha value is -1.32. The van der Waals surface area contributed by atoms with Crippen LogP contribution in [0.25, 0.3) is 0 Å². The van der Waals surface area contributed by atoms with Gasteiger partial charge in [0.15, 0.2) is 0 Å². The molecule has 0 N–H and O–H groups in total. The van der Waals surface area contributed by atoms with Crippen LogP contribution in [0.4, 0.5) is 0 Å². The van der Waals surface area contributed by atoms with Gasteiger partial charge in [-0.2, -0.15) is 0 Å². The summed E-state index contributed by atoms with van der Waals surface area (Å²) in [6, 6.07) is 0. The van der Waals surface area contributed by atoms with Crippen LogP contribution in [0.1, 0.15) is 41.5 Å². The monoisotopic (exact) mass is 228 g/mol. The molecule has 0 aromatic carbocycles. The summed E-state index contributed by atoms with van der Waals surface area (Å²) in [5.74, 6) is -1.25. The third-order valence-corrected chi connectivity index (χ3v) is 1.59. The van der Waals surface area contributed by atoms with Crippen LogP contribution in [0.5, 0.6) is 0 Å². The van der Waals surface area contributed by atoms with Crippen LogP contribution in [0.2, 0.25) is 0 Å². The molecular weight excluding hydrogens is 208 g/mol. The summed E-state index contributed by atoms with van der Waals surface area (Å²) in [5.41, 5.74) is 0.582. The molecule has 0 radical (unpaired) electrons. The maximum absolute atomic E-state index is 11.6. The molecule has 0 aromatic heterocycles. The van der Waals surface area contributed by atoms with Gasteiger partial charge < -0.3 is 9.47 Å². The number of esters is 2. The summed E-state index contributed by atoms with van der Waals surface area (Å²) >= 11 is 0. The lowest BCUT2D eigenvalue weighted by atomic mass is 10.1. The Bertz CT molecular complexity index is 272. The van der Waals surface area contributed by atoms with Crippen molar-refractivity contribution in [3.8, 4) is 0 Å². The third kappa shape index (κ3) is 4.96. The second-order valence-electron chi connectivity index (χ2n) is 4.28. The Morgan fingerprint density at radius 3 is 1.31 bits per heavy atom. The summed E-state index contributed by atoms with van der Waals surface area (Å²) in [6.45, 7) is 10.3. The normalized spacial score (nSPS) is 10.2. The van der Waals surface area contributed by atoms with E-state index in [0.29, 0.717) is 5.57 Å². The lowest BCUT2D eigenvalue weighted by molar-refractivity contribution is -0.151. The Morgan fingerprint density at radius 2 is 1.12 bits per heavy atom. The van der Waals surface area contributed by atoms with Gasteiger partial charge in [0.25, 0.3) is 0 Å². The van der Waals surface area contributed by atoms with E-state index in [2.05, 4.69) is 0 Å². The van der Waals surface area contributed by atoms with Crippen molar-refractivity contribution < 1.29 is 19.1 Å². The third-order valence-electron chi connectivity index (χ3n) is 1.59. The standard InChI is InChI=1S/C12H20O4/c1-7(2)10(11(13)15-8(3)4)12(14)16-9(5)6/h8-9H,1-6H3. The first-order valence-corrected chi connectivity index (χ1v) is 5.35. The van der Waals surface area contributed by atoms with Gasteiger partial charge >= 0.3 is 11.9 Å². The Morgan fingerprint density at radius 1 is 0.812 bits per heavy atom. The second-order valence-corrected chi connectivity index (χ2v) is 4.28. The van der Waals surface area contributed by atoms with Crippen molar-refractivity contribution in [2.45, 2.75) is 53.8 Å². The van der Waals surface area contributed by atoms with E-state index in [9.17, 15) is 9.59 Å².